The summed E-state index contributed by atoms with van der Waals surface area (Å²) in [4.78, 5) is 2.23. The van der Waals surface area contributed by atoms with Crippen LogP contribution in [0, 0.1) is 0 Å². The van der Waals surface area contributed by atoms with Crippen LogP contribution in [-0.4, -0.2) is 42.9 Å². The van der Waals surface area contributed by atoms with Crippen molar-refractivity contribution in [3.63, 3.8) is 0 Å². The molecule has 17 heavy (non-hydrogen) atoms. The van der Waals surface area contributed by atoms with Gasteiger partial charge in [-0.25, -0.2) is 0 Å². The lowest BCUT2D eigenvalue weighted by atomic mass is 10.1. The molecule has 94 valence electrons. The number of ether oxygens (including phenoxy) is 1. The van der Waals surface area contributed by atoms with E-state index < -0.39 is 0 Å². The first kappa shape index (κ1) is 12.9. The zero-order valence-electron chi connectivity index (χ0n) is 10.0. The molecule has 0 atom stereocenters. The van der Waals surface area contributed by atoms with Crippen molar-refractivity contribution < 1.29 is 9.84 Å². The van der Waals surface area contributed by atoms with Crippen molar-refractivity contribution in [2.24, 2.45) is 0 Å². The van der Waals surface area contributed by atoms with E-state index in [0.29, 0.717) is 6.10 Å². The van der Waals surface area contributed by atoms with E-state index in [1.807, 2.05) is 6.07 Å². The lowest BCUT2D eigenvalue weighted by molar-refractivity contribution is 0.0383. The molecule has 0 unspecified atom stereocenters. The van der Waals surface area contributed by atoms with E-state index in [4.69, 9.17) is 9.84 Å². The molecule has 0 spiro atoms. The van der Waals surface area contributed by atoms with Gasteiger partial charge in [-0.1, -0.05) is 6.07 Å². The van der Waals surface area contributed by atoms with Gasteiger partial charge in [0.05, 0.1) is 4.47 Å². The van der Waals surface area contributed by atoms with Crippen LogP contribution < -0.4 is 4.74 Å². The molecule has 1 saturated heterocycles. The van der Waals surface area contributed by atoms with Gasteiger partial charge in [0.2, 0.25) is 0 Å². The molecular formula is C13H18BrNO2. The lowest BCUT2D eigenvalue weighted by Crippen LogP contribution is -2.51. The Balaban J connectivity index is 1.94. The third kappa shape index (κ3) is 3.44. The van der Waals surface area contributed by atoms with Gasteiger partial charge in [0.15, 0.2) is 0 Å². The summed E-state index contributed by atoms with van der Waals surface area (Å²) in [6.07, 6.45) is 2.03. The minimum atomic E-state index is 0.240. The molecule has 1 heterocycles. The molecule has 1 aliphatic rings. The van der Waals surface area contributed by atoms with Crippen molar-refractivity contribution in [2.45, 2.75) is 18.9 Å². The van der Waals surface area contributed by atoms with Crippen molar-refractivity contribution in [1.29, 1.82) is 0 Å². The van der Waals surface area contributed by atoms with Crippen LogP contribution >= 0.6 is 15.9 Å². The Morgan fingerprint density at radius 1 is 1.47 bits per heavy atom. The first-order valence-electron chi connectivity index (χ1n) is 5.93. The number of aliphatic hydroxyl groups is 1. The topological polar surface area (TPSA) is 32.7 Å². The molecule has 1 N–H and O–H groups in total. The number of likely N-dealkylation sites (N-methyl/N-ethyl adjacent to an activating group) is 1. The first-order chi connectivity index (χ1) is 8.19. The van der Waals surface area contributed by atoms with Gasteiger partial charge in [0, 0.05) is 19.7 Å². The van der Waals surface area contributed by atoms with E-state index in [0.717, 1.165) is 36.2 Å². The normalized spacial score (nSPS) is 16.9. The van der Waals surface area contributed by atoms with Crippen molar-refractivity contribution in [1.82, 2.24) is 4.90 Å². The lowest BCUT2D eigenvalue weighted by Gasteiger charge is -2.36. The van der Waals surface area contributed by atoms with Crippen LogP contribution in [-0.2, 0) is 6.42 Å². The van der Waals surface area contributed by atoms with Gasteiger partial charge in [-0.15, -0.1) is 0 Å². The molecule has 0 saturated carbocycles. The quantitative estimate of drug-likeness (QED) is 0.903. The summed E-state index contributed by atoms with van der Waals surface area (Å²) < 4.78 is 6.88. The summed E-state index contributed by atoms with van der Waals surface area (Å²) in [5, 5.41) is 8.79. The van der Waals surface area contributed by atoms with Crippen LogP contribution in [0.15, 0.2) is 22.7 Å². The fourth-order valence-electron chi connectivity index (χ4n) is 1.97. The summed E-state index contributed by atoms with van der Waals surface area (Å²) in [5.41, 5.74) is 1.23. The number of hydrogen-bond donors (Lipinski definition) is 1. The largest absolute Gasteiger partial charge is 0.487 e. The maximum atomic E-state index is 8.79. The molecule has 0 bridgehead atoms. The molecule has 1 fully saturated rings. The Bertz CT molecular complexity index is 378. The highest BCUT2D eigenvalue weighted by Crippen LogP contribution is 2.28. The number of halogens is 1. The highest BCUT2D eigenvalue weighted by molar-refractivity contribution is 9.10. The molecule has 0 aromatic heterocycles. The van der Waals surface area contributed by atoms with Crippen molar-refractivity contribution >= 4 is 15.9 Å². The highest BCUT2D eigenvalue weighted by Gasteiger charge is 2.25. The standard InChI is InChI=1S/C13H18BrNO2/c1-15-8-11(9-15)17-13-5-4-10(3-2-6-16)7-12(13)14/h4-5,7,11,16H,2-3,6,8-9H2,1H3. The maximum Gasteiger partial charge on any atom is 0.134 e. The van der Waals surface area contributed by atoms with Gasteiger partial charge < -0.3 is 9.84 Å². The zero-order valence-corrected chi connectivity index (χ0v) is 11.6. The number of hydrogen-bond acceptors (Lipinski definition) is 3. The van der Waals surface area contributed by atoms with E-state index in [1.165, 1.54) is 5.56 Å². The molecule has 1 aromatic rings. The number of aliphatic hydroxyl groups excluding tert-OH is 1. The molecule has 1 aromatic carbocycles. The first-order valence-corrected chi connectivity index (χ1v) is 6.73. The molecule has 1 aliphatic heterocycles. The second kappa shape index (κ2) is 5.85. The van der Waals surface area contributed by atoms with Crippen LogP contribution in [0.25, 0.3) is 0 Å². The van der Waals surface area contributed by atoms with Gasteiger partial charge in [-0.05, 0) is 53.5 Å². The van der Waals surface area contributed by atoms with Gasteiger partial charge in [0.25, 0.3) is 0 Å². The molecule has 0 aliphatic carbocycles. The number of benzene rings is 1. The van der Waals surface area contributed by atoms with Crippen LogP contribution in [0.2, 0.25) is 0 Å². The average Bonchev–Trinajstić information content (AvgIpc) is 2.27. The fraction of sp³-hybridized carbons (Fsp3) is 0.538. The minimum absolute atomic E-state index is 0.240. The predicted molar refractivity (Wildman–Crippen MR) is 71.5 cm³/mol. The molecule has 4 heteroatoms. The van der Waals surface area contributed by atoms with Crippen LogP contribution in [0.5, 0.6) is 5.75 Å². The minimum Gasteiger partial charge on any atom is -0.487 e. The maximum absolute atomic E-state index is 8.79. The van der Waals surface area contributed by atoms with Crippen molar-refractivity contribution in [3.05, 3.63) is 28.2 Å². The number of aryl methyl sites for hydroxylation is 1. The fourth-order valence-corrected chi connectivity index (χ4v) is 2.49. The molecular weight excluding hydrogens is 282 g/mol. The number of rotatable bonds is 5. The predicted octanol–water partition coefficient (Wildman–Crippen LogP) is 2.07. The van der Waals surface area contributed by atoms with Crippen molar-refractivity contribution in [3.8, 4) is 5.75 Å². The molecule has 0 radical (unpaired) electrons. The third-order valence-electron chi connectivity index (χ3n) is 2.94. The Hall–Kier alpha value is -0.580. The molecule has 2 rings (SSSR count). The third-order valence-corrected chi connectivity index (χ3v) is 3.56. The zero-order chi connectivity index (χ0) is 12.3. The Morgan fingerprint density at radius 2 is 2.24 bits per heavy atom. The van der Waals surface area contributed by atoms with Crippen LogP contribution in [0.1, 0.15) is 12.0 Å². The summed E-state index contributed by atoms with van der Waals surface area (Å²) in [6, 6.07) is 6.15. The summed E-state index contributed by atoms with van der Waals surface area (Å²) in [7, 11) is 2.09. The van der Waals surface area contributed by atoms with E-state index in [-0.39, 0.29) is 6.61 Å². The van der Waals surface area contributed by atoms with E-state index in [9.17, 15) is 0 Å². The van der Waals surface area contributed by atoms with Crippen LogP contribution in [0.4, 0.5) is 0 Å². The highest BCUT2D eigenvalue weighted by atomic mass is 79.9. The van der Waals surface area contributed by atoms with E-state index in [2.05, 4.69) is 40.0 Å². The SMILES string of the molecule is CN1CC(Oc2ccc(CCCO)cc2Br)C1. The second-order valence-corrected chi connectivity index (χ2v) is 5.41. The summed E-state index contributed by atoms with van der Waals surface area (Å²) in [5.74, 6) is 0.913. The average molecular weight is 300 g/mol. The Kier molecular flexibility index (Phi) is 4.42. The van der Waals surface area contributed by atoms with Crippen LogP contribution in [0.3, 0.4) is 0 Å². The Morgan fingerprint density at radius 3 is 2.82 bits per heavy atom. The Labute approximate surface area is 111 Å². The van der Waals surface area contributed by atoms with Gasteiger partial charge >= 0.3 is 0 Å². The number of likely N-dealkylation sites (tertiary alicyclic amines) is 1. The molecule has 3 nitrogen and oxygen atoms in total. The molecule has 0 amide bonds. The van der Waals surface area contributed by atoms with E-state index in [1.54, 1.807) is 0 Å². The van der Waals surface area contributed by atoms with Crippen molar-refractivity contribution in [2.75, 3.05) is 26.7 Å². The summed E-state index contributed by atoms with van der Waals surface area (Å²) in [6.45, 7) is 2.24. The van der Waals surface area contributed by atoms with Gasteiger partial charge in [-0.2, -0.15) is 0 Å². The smallest absolute Gasteiger partial charge is 0.134 e. The number of nitrogens with zero attached hydrogens (tertiary/aromatic N) is 1. The van der Waals surface area contributed by atoms with Gasteiger partial charge in [-0.3, -0.25) is 4.90 Å². The monoisotopic (exact) mass is 299 g/mol. The second-order valence-electron chi connectivity index (χ2n) is 4.55. The summed E-state index contributed by atoms with van der Waals surface area (Å²) >= 11 is 3.53. The van der Waals surface area contributed by atoms with E-state index >= 15 is 0 Å². The van der Waals surface area contributed by atoms with Gasteiger partial charge in [0.1, 0.15) is 11.9 Å².